The summed E-state index contributed by atoms with van der Waals surface area (Å²) in [6, 6.07) is 0. The lowest BCUT2D eigenvalue weighted by molar-refractivity contribution is -0.116. The predicted octanol–water partition coefficient (Wildman–Crippen LogP) is -0.0491. The fourth-order valence-corrected chi connectivity index (χ4v) is 0.777. The van der Waals surface area contributed by atoms with Crippen molar-refractivity contribution >= 4 is 5.78 Å². The molecule has 0 aromatic heterocycles. The van der Waals surface area contributed by atoms with Crippen LogP contribution in [-0.4, -0.2) is 42.8 Å². The standard InChI is InChI=1S/C9H19NO3/c1-7(2)13-6-9(12)5-10-4-8(3)11/h7,9-10,12H,4-6H2,1-3H3. The molecule has 0 spiro atoms. The lowest BCUT2D eigenvalue weighted by atomic mass is 10.3. The average Bonchev–Trinajstić information content (AvgIpc) is 2.00. The van der Waals surface area contributed by atoms with Gasteiger partial charge in [0.1, 0.15) is 5.78 Å². The number of aliphatic hydroxyl groups is 1. The molecule has 1 unspecified atom stereocenters. The van der Waals surface area contributed by atoms with Crippen LogP contribution >= 0.6 is 0 Å². The molecule has 0 bridgehead atoms. The van der Waals surface area contributed by atoms with E-state index >= 15 is 0 Å². The van der Waals surface area contributed by atoms with Crippen molar-refractivity contribution in [2.24, 2.45) is 0 Å². The van der Waals surface area contributed by atoms with Gasteiger partial charge in [-0.3, -0.25) is 4.79 Å². The molecule has 0 aliphatic rings. The van der Waals surface area contributed by atoms with Gasteiger partial charge >= 0.3 is 0 Å². The van der Waals surface area contributed by atoms with Crippen molar-refractivity contribution in [3.63, 3.8) is 0 Å². The summed E-state index contributed by atoms with van der Waals surface area (Å²) >= 11 is 0. The highest BCUT2D eigenvalue weighted by Crippen LogP contribution is 1.90. The van der Waals surface area contributed by atoms with Crippen LogP contribution in [0.1, 0.15) is 20.8 Å². The lowest BCUT2D eigenvalue weighted by Gasteiger charge is -2.13. The predicted molar refractivity (Wildman–Crippen MR) is 50.6 cm³/mol. The Balaban J connectivity index is 3.29. The number of Topliss-reactive ketones (excluding diaryl/α,β-unsaturated/α-hetero) is 1. The highest BCUT2D eigenvalue weighted by atomic mass is 16.5. The summed E-state index contributed by atoms with van der Waals surface area (Å²) < 4.78 is 5.19. The first-order chi connectivity index (χ1) is 6.02. The summed E-state index contributed by atoms with van der Waals surface area (Å²) in [6.45, 7) is 6.34. The Morgan fingerprint density at radius 1 is 1.54 bits per heavy atom. The SMILES string of the molecule is CC(=O)CNCC(O)COC(C)C. The Bertz CT molecular complexity index is 148. The van der Waals surface area contributed by atoms with Crippen molar-refractivity contribution in [3.05, 3.63) is 0 Å². The molecule has 2 N–H and O–H groups in total. The van der Waals surface area contributed by atoms with Crippen LogP contribution in [0.15, 0.2) is 0 Å². The topological polar surface area (TPSA) is 58.6 Å². The van der Waals surface area contributed by atoms with Crippen LogP contribution in [0.3, 0.4) is 0 Å². The van der Waals surface area contributed by atoms with Gasteiger partial charge in [-0.2, -0.15) is 0 Å². The molecule has 78 valence electrons. The van der Waals surface area contributed by atoms with Crippen LogP contribution in [0, 0.1) is 0 Å². The zero-order valence-corrected chi connectivity index (χ0v) is 8.54. The van der Waals surface area contributed by atoms with Crippen LogP contribution in [0.5, 0.6) is 0 Å². The fraction of sp³-hybridized carbons (Fsp3) is 0.889. The minimum absolute atomic E-state index is 0.0666. The third-order valence-electron chi connectivity index (χ3n) is 1.38. The zero-order valence-electron chi connectivity index (χ0n) is 8.54. The normalized spacial score (nSPS) is 13.3. The summed E-state index contributed by atoms with van der Waals surface area (Å²) in [5.74, 6) is 0.0666. The number of hydrogen-bond acceptors (Lipinski definition) is 4. The Kier molecular flexibility index (Phi) is 6.76. The van der Waals surface area contributed by atoms with Crippen molar-refractivity contribution < 1.29 is 14.6 Å². The van der Waals surface area contributed by atoms with Crippen molar-refractivity contribution in [3.8, 4) is 0 Å². The molecule has 4 nitrogen and oxygen atoms in total. The number of ether oxygens (including phenoxy) is 1. The molecule has 0 heterocycles. The third-order valence-corrected chi connectivity index (χ3v) is 1.38. The van der Waals surface area contributed by atoms with Gasteiger partial charge in [0.05, 0.1) is 25.4 Å². The Hall–Kier alpha value is -0.450. The van der Waals surface area contributed by atoms with E-state index in [0.717, 1.165) is 0 Å². The van der Waals surface area contributed by atoms with Crippen molar-refractivity contribution in [1.82, 2.24) is 5.32 Å². The largest absolute Gasteiger partial charge is 0.389 e. The van der Waals surface area contributed by atoms with Gasteiger partial charge in [0, 0.05) is 6.54 Å². The second-order valence-electron chi connectivity index (χ2n) is 3.37. The molecule has 13 heavy (non-hydrogen) atoms. The summed E-state index contributed by atoms with van der Waals surface area (Å²) in [6.07, 6.45) is -0.413. The minimum Gasteiger partial charge on any atom is -0.389 e. The monoisotopic (exact) mass is 189 g/mol. The fourth-order valence-electron chi connectivity index (χ4n) is 0.777. The second kappa shape index (κ2) is 7.00. The van der Waals surface area contributed by atoms with E-state index in [0.29, 0.717) is 19.7 Å². The molecule has 0 fully saturated rings. The van der Waals surface area contributed by atoms with E-state index in [1.54, 1.807) is 0 Å². The molecule has 0 radical (unpaired) electrons. The zero-order chi connectivity index (χ0) is 10.3. The van der Waals surface area contributed by atoms with Gasteiger partial charge in [-0.15, -0.1) is 0 Å². The van der Waals surface area contributed by atoms with E-state index in [1.807, 2.05) is 13.8 Å². The van der Waals surface area contributed by atoms with Gasteiger partial charge in [-0.05, 0) is 20.8 Å². The lowest BCUT2D eigenvalue weighted by Crippen LogP contribution is -2.33. The van der Waals surface area contributed by atoms with E-state index in [2.05, 4.69) is 5.32 Å². The summed E-state index contributed by atoms with van der Waals surface area (Å²) in [4.78, 5) is 10.5. The van der Waals surface area contributed by atoms with Crippen LogP contribution in [0.2, 0.25) is 0 Å². The van der Waals surface area contributed by atoms with Crippen LogP contribution in [-0.2, 0) is 9.53 Å². The van der Waals surface area contributed by atoms with Crippen molar-refractivity contribution in [1.29, 1.82) is 0 Å². The van der Waals surface area contributed by atoms with Gasteiger partial charge in [0.15, 0.2) is 0 Å². The number of hydrogen-bond donors (Lipinski definition) is 2. The Morgan fingerprint density at radius 3 is 2.62 bits per heavy atom. The average molecular weight is 189 g/mol. The molecule has 4 heteroatoms. The van der Waals surface area contributed by atoms with Gasteiger partial charge in [0.2, 0.25) is 0 Å². The summed E-state index contributed by atoms with van der Waals surface area (Å²) in [7, 11) is 0. The molecule has 0 aliphatic carbocycles. The minimum atomic E-state index is -0.540. The number of carbonyl (C=O) groups excluding carboxylic acids is 1. The van der Waals surface area contributed by atoms with Crippen LogP contribution in [0.25, 0.3) is 0 Å². The van der Waals surface area contributed by atoms with Crippen LogP contribution < -0.4 is 5.32 Å². The molecule has 0 saturated heterocycles. The maximum absolute atomic E-state index is 10.5. The summed E-state index contributed by atoms with van der Waals surface area (Å²) in [5.41, 5.74) is 0. The molecule has 0 amide bonds. The molecular formula is C9H19NO3. The highest BCUT2D eigenvalue weighted by molar-refractivity contribution is 5.77. The number of carbonyl (C=O) groups is 1. The van der Waals surface area contributed by atoms with E-state index in [1.165, 1.54) is 6.92 Å². The van der Waals surface area contributed by atoms with E-state index in [4.69, 9.17) is 4.74 Å². The number of nitrogens with one attached hydrogen (secondary N) is 1. The molecular weight excluding hydrogens is 170 g/mol. The molecule has 0 aromatic rings. The van der Waals surface area contributed by atoms with Crippen molar-refractivity contribution in [2.75, 3.05) is 19.7 Å². The van der Waals surface area contributed by atoms with Gasteiger partial charge in [-0.1, -0.05) is 0 Å². The number of rotatable bonds is 7. The Morgan fingerprint density at radius 2 is 2.15 bits per heavy atom. The summed E-state index contributed by atoms with van der Waals surface area (Å²) in [5, 5.41) is 12.1. The smallest absolute Gasteiger partial charge is 0.143 e. The molecule has 1 atom stereocenters. The van der Waals surface area contributed by atoms with E-state index in [9.17, 15) is 9.90 Å². The van der Waals surface area contributed by atoms with Gasteiger partial charge in [0.25, 0.3) is 0 Å². The number of ketones is 1. The first-order valence-electron chi connectivity index (χ1n) is 4.52. The molecule has 0 saturated carbocycles. The molecule has 0 aliphatic heterocycles. The molecule has 0 rings (SSSR count). The van der Waals surface area contributed by atoms with Crippen molar-refractivity contribution in [2.45, 2.75) is 33.0 Å². The highest BCUT2D eigenvalue weighted by Gasteiger charge is 2.05. The Labute approximate surface area is 79.3 Å². The van der Waals surface area contributed by atoms with E-state index in [-0.39, 0.29) is 11.9 Å². The maximum Gasteiger partial charge on any atom is 0.143 e. The first kappa shape index (κ1) is 12.6. The van der Waals surface area contributed by atoms with E-state index < -0.39 is 6.10 Å². The van der Waals surface area contributed by atoms with Gasteiger partial charge in [-0.25, -0.2) is 0 Å². The first-order valence-corrected chi connectivity index (χ1v) is 4.52. The third kappa shape index (κ3) is 9.46. The van der Waals surface area contributed by atoms with Gasteiger partial charge < -0.3 is 15.2 Å². The molecule has 0 aromatic carbocycles. The van der Waals surface area contributed by atoms with Crippen LogP contribution in [0.4, 0.5) is 0 Å². The maximum atomic E-state index is 10.5. The quantitative estimate of drug-likeness (QED) is 0.589. The second-order valence-corrected chi connectivity index (χ2v) is 3.37. The number of aliphatic hydroxyl groups excluding tert-OH is 1.